The highest BCUT2D eigenvalue weighted by molar-refractivity contribution is 8.26. The number of para-hydroxylation sites is 1. The van der Waals surface area contributed by atoms with Crippen molar-refractivity contribution in [2.75, 3.05) is 23.4 Å². The topological polar surface area (TPSA) is 79.0 Å². The predicted molar refractivity (Wildman–Crippen MR) is 154 cm³/mol. The molecule has 7 nitrogen and oxygen atoms in total. The third-order valence-electron chi connectivity index (χ3n) is 6.04. The van der Waals surface area contributed by atoms with Crippen LogP contribution in [0.2, 0.25) is 5.02 Å². The second-order valence-electron chi connectivity index (χ2n) is 8.47. The molecule has 2 aliphatic heterocycles. The summed E-state index contributed by atoms with van der Waals surface area (Å²) in [5.41, 5.74) is 2.73. The van der Waals surface area contributed by atoms with Crippen LogP contribution in [-0.4, -0.2) is 40.1 Å². The van der Waals surface area contributed by atoms with Crippen molar-refractivity contribution >= 4 is 74.6 Å². The quantitative estimate of drug-likeness (QED) is 0.302. The zero-order valence-corrected chi connectivity index (χ0v) is 22.7. The molecule has 1 fully saturated rings. The Bertz CT molecular complexity index is 1490. The first kappa shape index (κ1) is 26.0. The molecule has 3 aromatic rings. The lowest BCUT2D eigenvalue weighted by molar-refractivity contribution is -0.122. The van der Waals surface area contributed by atoms with Gasteiger partial charge in [0, 0.05) is 16.3 Å². The lowest BCUT2D eigenvalue weighted by Gasteiger charge is -2.17. The fraction of sp³-hybridized carbons (Fsp3) is 0.143. The molecule has 1 N–H and O–H groups in total. The standard InChI is InChI=1S/C28H22ClN3O4S2/c1-2-36-19-13-11-18(12-14-19)30-23(33)16-31-22-10-6-4-8-20(22)24(26(31)34)25-27(35)32(28(37)38-25)15-17-7-3-5-9-21(17)29/h3-14H,2,15-16H2,1H3,(H,30,33)/b25-24+. The van der Waals surface area contributed by atoms with E-state index >= 15 is 0 Å². The van der Waals surface area contributed by atoms with Crippen LogP contribution < -0.4 is 15.0 Å². The van der Waals surface area contributed by atoms with Gasteiger partial charge in [0.1, 0.15) is 16.6 Å². The smallest absolute Gasteiger partial charge is 0.267 e. The molecule has 0 aliphatic carbocycles. The van der Waals surface area contributed by atoms with Gasteiger partial charge in [-0.25, -0.2) is 0 Å². The summed E-state index contributed by atoms with van der Waals surface area (Å²) in [5.74, 6) is -0.458. The average molecular weight is 564 g/mol. The fourth-order valence-corrected chi connectivity index (χ4v) is 5.81. The van der Waals surface area contributed by atoms with Gasteiger partial charge in [-0.15, -0.1) is 0 Å². The number of carbonyl (C=O) groups is 3. The first-order valence-electron chi connectivity index (χ1n) is 11.8. The van der Waals surface area contributed by atoms with Gasteiger partial charge in [0.05, 0.1) is 29.3 Å². The molecule has 0 bridgehead atoms. The summed E-state index contributed by atoms with van der Waals surface area (Å²) < 4.78 is 5.77. The van der Waals surface area contributed by atoms with Crippen LogP contribution in [0.1, 0.15) is 18.1 Å². The third kappa shape index (κ3) is 5.05. The first-order chi connectivity index (χ1) is 18.4. The van der Waals surface area contributed by atoms with Crippen LogP contribution in [0.25, 0.3) is 5.57 Å². The van der Waals surface area contributed by atoms with E-state index in [0.29, 0.717) is 38.6 Å². The number of carbonyl (C=O) groups excluding carboxylic acids is 3. The van der Waals surface area contributed by atoms with Gasteiger partial charge in [-0.1, -0.05) is 72.0 Å². The van der Waals surface area contributed by atoms with Crippen LogP contribution in [0.5, 0.6) is 5.75 Å². The van der Waals surface area contributed by atoms with Gasteiger partial charge >= 0.3 is 0 Å². The molecule has 2 heterocycles. The molecule has 0 saturated carbocycles. The van der Waals surface area contributed by atoms with Crippen molar-refractivity contribution in [3.8, 4) is 5.75 Å². The molecule has 192 valence electrons. The number of amides is 3. The second kappa shape index (κ2) is 11.0. The molecular weight excluding hydrogens is 542 g/mol. The monoisotopic (exact) mass is 563 g/mol. The van der Waals surface area contributed by atoms with Gasteiger partial charge in [0.2, 0.25) is 5.91 Å². The summed E-state index contributed by atoms with van der Waals surface area (Å²) in [6, 6.07) is 21.3. The Hall–Kier alpha value is -3.66. The van der Waals surface area contributed by atoms with Crippen molar-refractivity contribution in [2.45, 2.75) is 13.5 Å². The molecule has 0 aromatic heterocycles. The lowest BCUT2D eigenvalue weighted by Crippen LogP contribution is -2.35. The molecule has 2 aliphatic rings. The number of halogens is 1. The number of nitrogens with one attached hydrogen (secondary N) is 1. The Balaban J connectivity index is 1.39. The summed E-state index contributed by atoms with van der Waals surface area (Å²) in [4.78, 5) is 43.1. The van der Waals surface area contributed by atoms with Crippen molar-refractivity contribution in [2.24, 2.45) is 0 Å². The van der Waals surface area contributed by atoms with E-state index in [-0.39, 0.29) is 35.4 Å². The highest BCUT2D eigenvalue weighted by atomic mass is 35.5. The summed E-state index contributed by atoms with van der Waals surface area (Å²) in [6.07, 6.45) is 0. The van der Waals surface area contributed by atoms with E-state index in [2.05, 4.69) is 5.32 Å². The molecule has 3 amide bonds. The minimum atomic E-state index is -0.425. The Kier molecular flexibility index (Phi) is 7.51. The largest absolute Gasteiger partial charge is 0.494 e. The number of rotatable bonds is 7. The van der Waals surface area contributed by atoms with Gasteiger partial charge in [-0.3, -0.25) is 24.2 Å². The van der Waals surface area contributed by atoms with Crippen molar-refractivity contribution in [1.29, 1.82) is 0 Å². The number of ether oxygens (including phenoxy) is 1. The number of hydrogen-bond donors (Lipinski definition) is 1. The van der Waals surface area contributed by atoms with Crippen LogP contribution in [0.3, 0.4) is 0 Å². The average Bonchev–Trinajstić information content (AvgIpc) is 3.33. The van der Waals surface area contributed by atoms with E-state index in [1.807, 2.05) is 25.1 Å². The Morgan fingerprint density at radius 3 is 2.42 bits per heavy atom. The molecule has 38 heavy (non-hydrogen) atoms. The molecule has 0 radical (unpaired) electrons. The van der Waals surface area contributed by atoms with Crippen LogP contribution >= 0.6 is 35.6 Å². The van der Waals surface area contributed by atoms with Crippen LogP contribution in [-0.2, 0) is 20.9 Å². The Morgan fingerprint density at radius 1 is 0.974 bits per heavy atom. The number of fused-ring (bicyclic) bond motifs is 1. The third-order valence-corrected chi connectivity index (χ3v) is 7.85. The van der Waals surface area contributed by atoms with E-state index < -0.39 is 5.91 Å². The summed E-state index contributed by atoms with van der Waals surface area (Å²) in [5, 5.41) is 3.34. The fourth-order valence-electron chi connectivity index (χ4n) is 4.28. The van der Waals surface area contributed by atoms with E-state index in [0.717, 1.165) is 17.3 Å². The van der Waals surface area contributed by atoms with Gasteiger partial charge < -0.3 is 10.1 Å². The second-order valence-corrected chi connectivity index (χ2v) is 10.5. The molecule has 0 atom stereocenters. The number of thioether (sulfide) groups is 1. The maximum absolute atomic E-state index is 13.6. The van der Waals surface area contributed by atoms with E-state index in [1.165, 1.54) is 9.80 Å². The van der Waals surface area contributed by atoms with Gasteiger partial charge in [-0.05, 0) is 48.9 Å². The Morgan fingerprint density at radius 2 is 1.68 bits per heavy atom. The van der Waals surface area contributed by atoms with Gasteiger partial charge in [0.25, 0.3) is 11.8 Å². The molecule has 5 rings (SSSR count). The molecule has 1 saturated heterocycles. The molecule has 3 aromatic carbocycles. The highest BCUT2D eigenvalue weighted by Crippen LogP contribution is 2.45. The van der Waals surface area contributed by atoms with E-state index in [9.17, 15) is 14.4 Å². The van der Waals surface area contributed by atoms with Crippen LogP contribution in [0, 0.1) is 0 Å². The number of thiocarbonyl (C=S) groups is 1. The summed E-state index contributed by atoms with van der Waals surface area (Å²) >= 11 is 12.9. The van der Waals surface area contributed by atoms with E-state index in [4.69, 9.17) is 28.6 Å². The predicted octanol–water partition coefficient (Wildman–Crippen LogP) is 5.50. The Labute approximate surface area is 234 Å². The molecule has 10 heteroatoms. The number of benzene rings is 3. The number of nitrogens with zero attached hydrogens (tertiary/aromatic N) is 2. The lowest BCUT2D eigenvalue weighted by atomic mass is 10.1. The van der Waals surface area contributed by atoms with Crippen molar-refractivity contribution < 1.29 is 19.1 Å². The summed E-state index contributed by atoms with van der Waals surface area (Å²) in [6.45, 7) is 2.42. The number of hydrogen-bond acceptors (Lipinski definition) is 6. The van der Waals surface area contributed by atoms with Gasteiger partial charge in [-0.2, -0.15) is 0 Å². The van der Waals surface area contributed by atoms with Crippen molar-refractivity contribution in [3.63, 3.8) is 0 Å². The minimum Gasteiger partial charge on any atom is -0.494 e. The molecular formula is C28H22ClN3O4S2. The minimum absolute atomic E-state index is 0.200. The normalized spacial score (nSPS) is 16.7. The number of anilines is 2. The first-order valence-corrected chi connectivity index (χ1v) is 13.4. The zero-order chi connectivity index (χ0) is 26.8. The van der Waals surface area contributed by atoms with E-state index in [1.54, 1.807) is 54.6 Å². The van der Waals surface area contributed by atoms with Gasteiger partial charge in [0.15, 0.2) is 0 Å². The molecule has 0 unspecified atom stereocenters. The maximum Gasteiger partial charge on any atom is 0.267 e. The highest BCUT2D eigenvalue weighted by Gasteiger charge is 2.42. The van der Waals surface area contributed by atoms with Crippen molar-refractivity contribution in [1.82, 2.24) is 4.90 Å². The SMILES string of the molecule is CCOc1ccc(NC(=O)CN2C(=O)/C(=C3/SC(=S)N(Cc4ccccc4Cl)C3=O)c3ccccc32)cc1. The van der Waals surface area contributed by atoms with Crippen molar-refractivity contribution in [3.05, 3.63) is 93.9 Å². The van der Waals surface area contributed by atoms with Crippen LogP contribution in [0.4, 0.5) is 11.4 Å². The maximum atomic E-state index is 13.6. The zero-order valence-electron chi connectivity index (χ0n) is 20.3. The van der Waals surface area contributed by atoms with Crippen LogP contribution in [0.15, 0.2) is 77.7 Å². The summed E-state index contributed by atoms with van der Waals surface area (Å²) in [7, 11) is 0. The molecule has 0 spiro atoms.